The van der Waals surface area contributed by atoms with Crippen LogP contribution < -0.4 is 27.8 Å². The second kappa shape index (κ2) is 14.5. The number of amides is 2. The highest BCUT2D eigenvalue weighted by Crippen LogP contribution is 2.31. The molecule has 1 aromatic heterocycles. The molecular formula is C32H43F3N7O2+. The van der Waals surface area contributed by atoms with Crippen LogP contribution in [0.25, 0.3) is 10.9 Å². The van der Waals surface area contributed by atoms with Gasteiger partial charge < -0.3 is 32.3 Å². The first-order chi connectivity index (χ1) is 20.9. The summed E-state index contributed by atoms with van der Waals surface area (Å²) in [5.41, 5.74) is 18.9. The normalized spacial score (nSPS) is 20.0. The Hall–Kier alpha value is -3.58. The van der Waals surface area contributed by atoms with Gasteiger partial charge in [-0.25, -0.2) is 0 Å². The van der Waals surface area contributed by atoms with Crippen LogP contribution in [0.4, 0.5) is 18.9 Å². The number of hydrogen-bond donors (Lipinski definition) is 5. The number of alkyl halides is 3. The minimum absolute atomic E-state index is 0.0261. The Morgan fingerprint density at radius 1 is 1.05 bits per heavy atom. The zero-order chi connectivity index (χ0) is 31.9. The molecule has 1 aliphatic heterocycles. The summed E-state index contributed by atoms with van der Waals surface area (Å²) in [5, 5.41) is 6.38. The fraction of sp³-hybridized carbons (Fsp3) is 0.469. The molecule has 9 nitrogen and oxygen atoms in total. The van der Waals surface area contributed by atoms with E-state index in [0.717, 1.165) is 59.9 Å². The lowest BCUT2D eigenvalue weighted by Crippen LogP contribution is -2.53. The molecule has 0 spiro atoms. The number of nitrogens with two attached hydrogens (primary N) is 3. The van der Waals surface area contributed by atoms with Gasteiger partial charge in [-0.15, -0.1) is 0 Å². The van der Waals surface area contributed by atoms with Crippen LogP contribution in [-0.2, 0) is 22.2 Å². The average Bonchev–Trinajstić information content (AvgIpc) is 3.37. The topological polar surface area (TPSA) is 149 Å². The van der Waals surface area contributed by atoms with E-state index in [1.165, 1.54) is 18.3 Å². The highest BCUT2D eigenvalue weighted by molar-refractivity contribution is 5.99. The van der Waals surface area contributed by atoms with Crippen molar-refractivity contribution in [2.75, 3.05) is 38.5 Å². The molecule has 1 fully saturated rings. The predicted octanol–water partition coefficient (Wildman–Crippen LogP) is 3.17. The molecular weight excluding hydrogens is 571 g/mol. The summed E-state index contributed by atoms with van der Waals surface area (Å²) < 4.78 is 40.2. The number of nitrogens with zero attached hydrogens (tertiary/aromatic N) is 2. The molecule has 238 valence electrons. The van der Waals surface area contributed by atoms with Crippen LogP contribution in [0, 0.1) is 5.92 Å². The van der Waals surface area contributed by atoms with Crippen LogP contribution in [0.3, 0.4) is 0 Å². The van der Waals surface area contributed by atoms with Crippen molar-refractivity contribution >= 4 is 28.4 Å². The summed E-state index contributed by atoms with van der Waals surface area (Å²) in [5.74, 6) is -0.807. The number of anilines is 1. The summed E-state index contributed by atoms with van der Waals surface area (Å²) >= 11 is 0. The number of benzene rings is 2. The second-order valence-corrected chi connectivity index (χ2v) is 12.1. The lowest BCUT2D eigenvalue weighted by atomic mass is 9.97. The van der Waals surface area contributed by atoms with Gasteiger partial charge in [-0.3, -0.25) is 14.6 Å². The van der Waals surface area contributed by atoms with E-state index in [0.29, 0.717) is 36.8 Å². The monoisotopic (exact) mass is 614 g/mol. The standard InChI is InChI=1S/C32H42F3N7O2/c1-42(26(10-13-36)11-14-37)15-12-22(20-42)16-27(38)30(43)41-29(17-21-6-8-24(9-7-21)32(33,34)35)31(44)40-25-18-23-4-2-3-5-28(23)39-19-25/h2-9,18-19,22,26-27,29H,10-17,20,36-38H2,1H3,(H-,40,41,43,44)/p+1/t22?,27-,29-,42?/m0/s1. The van der Waals surface area contributed by atoms with Crippen LogP contribution in [-0.4, -0.2) is 72.6 Å². The highest BCUT2D eigenvalue weighted by atomic mass is 19.4. The fourth-order valence-electron chi connectivity index (χ4n) is 6.31. The molecule has 2 aromatic carbocycles. The first-order valence-corrected chi connectivity index (χ1v) is 15.0. The minimum Gasteiger partial charge on any atom is -0.343 e. The van der Waals surface area contributed by atoms with Crippen molar-refractivity contribution in [3.05, 3.63) is 71.9 Å². The zero-order valence-corrected chi connectivity index (χ0v) is 25.0. The maximum absolute atomic E-state index is 13.5. The zero-order valence-electron chi connectivity index (χ0n) is 25.0. The van der Waals surface area contributed by atoms with Crippen molar-refractivity contribution in [3.63, 3.8) is 0 Å². The lowest BCUT2D eigenvalue weighted by Gasteiger charge is -2.38. The van der Waals surface area contributed by atoms with Gasteiger partial charge in [0, 0.05) is 37.0 Å². The van der Waals surface area contributed by atoms with Crippen molar-refractivity contribution < 1.29 is 27.2 Å². The van der Waals surface area contributed by atoms with Crippen LogP contribution in [0.2, 0.25) is 0 Å². The largest absolute Gasteiger partial charge is 0.416 e. The molecule has 1 aliphatic rings. The van der Waals surface area contributed by atoms with E-state index < -0.39 is 35.6 Å². The Bertz CT molecular complexity index is 1410. The number of halogens is 3. The number of rotatable bonds is 13. The first-order valence-electron chi connectivity index (χ1n) is 15.0. The van der Waals surface area contributed by atoms with Gasteiger partial charge in [0.1, 0.15) is 6.04 Å². The van der Waals surface area contributed by atoms with Crippen molar-refractivity contribution in [3.8, 4) is 0 Å². The predicted molar refractivity (Wildman–Crippen MR) is 165 cm³/mol. The van der Waals surface area contributed by atoms with Gasteiger partial charge >= 0.3 is 6.18 Å². The van der Waals surface area contributed by atoms with E-state index >= 15 is 0 Å². The van der Waals surface area contributed by atoms with E-state index in [1.807, 2.05) is 24.3 Å². The maximum atomic E-state index is 13.5. The van der Waals surface area contributed by atoms with Gasteiger partial charge in [0.15, 0.2) is 0 Å². The van der Waals surface area contributed by atoms with Gasteiger partial charge in [0.25, 0.3) is 0 Å². The van der Waals surface area contributed by atoms with E-state index in [4.69, 9.17) is 17.2 Å². The van der Waals surface area contributed by atoms with E-state index in [9.17, 15) is 22.8 Å². The molecule has 44 heavy (non-hydrogen) atoms. The van der Waals surface area contributed by atoms with E-state index in [2.05, 4.69) is 22.7 Å². The molecule has 0 saturated carbocycles. The number of carbonyl (C=O) groups excluding carboxylic acids is 2. The molecule has 4 rings (SSSR count). The number of likely N-dealkylation sites (tertiary alicyclic amines) is 1. The molecule has 2 unspecified atom stereocenters. The molecule has 3 aromatic rings. The molecule has 12 heteroatoms. The van der Waals surface area contributed by atoms with Gasteiger partial charge in [-0.2, -0.15) is 13.2 Å². The van der Waals surface area contributed by atoms with Crippen molar-refractivity contribution in [1.82, 2.24) is 10.3 Å². The molecule has 2 amide bonds. The Kier molecular flexibility index (Phi) is 11.0. The summed E-state index contributed by atoms with van der Waals surface area (Å²) in [4.78, 5) is 31.2. The SMILES string of the molecule is C[N+]1(C(CCN)CCN)CCC(C[C@H](N)C(=O)N[C@@H](Cc2ccc(C(F)(F)F)cc2)C(=O)Nc2cnc3ccccc3c2)C1. The third-order valence-corrected chi connectivity index (χ3v) is 8.74. The van der Waals surface area contributed by atoms with Crippen molar-refractivity contribution in [2.24, 2.45) is 23.1 Å². The summed E-state index contributed by atoms with van der Waals surface area (Å²) in [6.07, 6.45) is 0.112. The number of fused-ring (bicyclic) bond motifs is 1. The summed E-state index contributed by atoms with van der Waals surface area (Å²) in [7, 11) is 2.20. The van der Waals surface area contributed by atoms with Crippen molar-refractivity contribution in [2.45, 2.75) is 56.4 Å². The number of pyridine rings is 1. The third kappa shape index (κ3) is 8.53. The number of aromatic nitrogens is 1. The quantitative estimate of drug-likeness (QED) is 0.187. The molecule has 0 aliphatic carbocycles. The number of nitrogens with one attached hydrogen (secondary N) is 2. The Labute approximate surface area is 255 Å². The van der Waals surface area contributed by atoms with Gasteiger partial charge in [0.2, 0.25) is 11.8 Å². The Morgan fingerprint density at radius 3 is 2.39 bits per heavy atom. The van der Waals surface area contributed by atoms with Crippen LogP contribution in [0.15, 0.2) is 60.8 Å². The smallest absolute Gasteiger partial charge is 0.343 e. The molecule has 0 radical (unpaired) electrons. The molecule has 8 N–H and O–H groups in total. The maximum Gasteiger partial charge on any atom is 0.416 e. The Balaban J connectivity index is 1.46. The summed E-state index contributed by atoms with van der Waals surface area (Å²) in [6.45, 7) is 2.98. The number of hydrogen-bond acceptors (Lipinski definition) is 6. The lowest BCUT2D eigenvalue weighted by molar-refractivity contribution is -0.924. The highest BCUT2D eigenvalue weighted by Gasteiger charge is 2.41. The number of para-hydroxylation sites is 1. The van der Waals surface area contributed by atoms with Crippen LogP contribution in [0.5, 0.6) is 0 Å². The van der Waals surface area contributed by atoms with Crippen molar-refractivity contribution in [1.29, 1.82) is 0 Å². The number of carbonyl (C=O) groups is 2. The minimum atomic E-state index is -4.48. The van der Waals surface area contributed by atoms with Crippen LogP contribution >= 0.6 is 0 Å². The molecule has 0 bridgehead atoms. The molecule has 2 heterocycles. The van der Waals surface area contributed by atoms with Crippen LogP contribution in [0.1, 0.15) is 36.8 Å². The summed E-state index contributed by atoms with van der Waals surface area (Å²) in [6, 6.07) is 12.1. The fourth-order valence-corrected chi connectivity index (χ4v) is 6.31. The molecule has 1 saturated heterocycles. The first kappa shape index (κ1) is 33.3. The van der Waals surface area contributed by atoms with Gasteiger partial charge in [-0.1, -0.05) is 30.3 Å². The van der Waals surface area contributed by atoms with Gasteiger partial charge in [-0.05, 0) is 49.3 Å². The Morgan fingerprint density at radius 2 is 1.73 bits per heavy atom. The number of quaternary nitrogens is 1. The van der Waals surface area contributed by atoms with E-state index in [1.54, 1.807) is 6.07 Å². The third-order valence-electron chi connectivity index (χ3n) is 8.74. The van der Waals surface area contributed by atoms with Gasteiger partial charge in [0.05, 0.1) is 55.2 Å². The second-order valence-electron chi connectivity index (χ2n) is 12.1. The van der Waals surface area contributed by atoms with E-state index in [-0.39, 0.29) is 12.3 Å². The average molecular weight is 615 g/mol. The molecule has 4 atom stereocenters.